The number of ether oxygens (including phenoxy) is 3. The Morgan fingerprint density at radius 2 is 1.82 bits per heavy atom. The number of fused-ring (bicyclic) bond motifs is 1. The number of likely N-dealkylation sites (N-methyl/N-ethyl adjacent to an activating group) is 1. The second kappa shape index (κ2) is 11.6. The molecule has 3 N–H and O–H groups in total. The Labute approximate surface area is 259 Å². The van der Waals surface area contributed by atoms with Crippen molar-refractivity contribution in [2.24, 2.45) is 5.41 Å². The lowest BCUT2D eigenvalue weighted by molar-refractivity contribution is -0.148. The highest BCUT2D eigenvalue weighted by molar-refractivity contribution is 5.98. The molecule has 11 heteroatoms. The van der Waals surface area contributed by atoms with E-state index in [0.29, 0.717) is 55.2 Å². The SMILES string of the molecule is CN(CC1COCC2(CC2)O1)c1ccc2c(Oc3ccc(NC(O)C4(C(=O)Nc5ccc(F)cc5)CC4)cc3F)ccnc2c1. The molecule has 4 aromatic rings. The molecule has 2 saturated carbocycles. The molecular weight excluding hydrogens is 582 g/mol. The van der Waals surface area contributed by atoms with Crippen LogP contribution >= 0.6 is 0 Å². The molecule has 2 unspecified atom stereocenters. The van der Waals surface area contributed by atoms with Crippen LogP contribution in [-0.4, -0.2) is 60.7 Å². The van der Waals surface area contributed by atoms with E-state index >= 15 is 4.39 Å². The monoisotopic (exact) mass is 616 g/mol. The summed E-state index contributed by atoms with van der Waals surface area (Å²) in [4.78, 5) is 19.5. The molecule has 1 aromatic heterocycles. The molecule has 3 fully saturated rings. The van der Waals surface area contributed by atoms with Crippen LogP contribution in [0.1, 0.15) is 25.7 Å². The van der Waals surface area contributed by atoms with Crippen molar-refractivity contribution in [3.8, 4) is 11.5 Å². The lowest BCUT2D eigenvalue weighted by atomic mass is 10.0. The zero-order valence-corrected chi connectivity index (χ0v) is 24.8. The average molecular weight is 617 g/mol. The molecule has 1 amide bonds. The number of halogens is 2. The van der Waals surface area contributed by atoms with E-state index in [4.69, 9.17) is 14.2 Å². The minimum absolute atomic E-state index is 0.000454. The van der Waals surface area contributed by atoms with Gasteiger partial charge in [-0.15, -0.1) is 0 Å². The molecule has 1 saturated heterocycles. The molecule has 7 rings (SSSR count). The minimum atomic E-state index is -1.26. The molecule has 1 aliphatic heterocycles. The van der Waals surface area contributed by atoms with Crippen LogP contribution in [-0.2, 0) is 14.3 Å². The van der Waals surface area contributed by atoms with Crippen LogP contribution < -0.4 is 20.3 Å². The van der Waals surface area contributed by atoms with E-state index in [1.54, 1.807) is 18.3 Å². The summed E-state index contributed by atoms with van der Waals surface area (Å²) in [5.41, 5.74) is 1.24. The number of anilines is 3. The Bertz CT molecular complexity index is 1730. The summed E-state index contributed by atoms with van der Waals surface area (Å²) in [5, 5.41) is 17.2. The summed E-state index contributed by atoms with van der Waals surface area (Å²) < 4.78 is 46.4. The van der Waals surface area contributed by atoms with Crippen LogP contribution in [0, 0.1) is 17.0 Å². The summed E-state index contributed by atoms with van der Waals surface area (Å²) in [5.74, 6) is -0.998. The highest BCUT2D eigenvalue weighted by Crippen LogP contribution is 2.50. The third-order valence-corrected chi connectivity index (χ3v) is 8.82. The van der Waals surface area contributed by atoms with Gasteiger partial charge in [-0.2, -0.15) is 0 Å². The maximum atomic E-state index is 15.2. The fraction of sp³-hybridized carbons (Fsp3) is 0.353. The van der Waals surface area contributed by atoms with Gasteiger partial charge < -0.3 is 34.9 Å². The molecular formula is C34H34F2N4O5. The van der Waals surface area contributed by atoms with Crippen molar-refractivity contribution >= 4 is 33.9 Å². The second-order valence-electron chi connectivity index (χ2n) is 12.2. The minimum Gasteiger partial charge on any atom is -0.454 e. The zero-order chi connectivity index (χ0) is 31.2. The van der Waals surface area contributed by atoms with Gasteiger partial charge in [-0.3, -0.25) is 9.78 Å². The Morgan fingerprint density at radius 1 is 1.04 bits per heavy atom. The number of benzene rings is 3. The highest BCUT2D eigenvalue weighted by Gasteiger charge is 2.56. The lowest BCUT2D eigenvalue weighted by Crippen LogP contribution is -2.43. The largest absolute Gasteiger partial charge is 0.454 e. The average Bonchev–Trinajstić information content (AvgIpc) is 3.97. The summed E-state index contributed by atoms with van der Waals surface area (Å²) in [6.07, 6.45) is 3.37. The number of aliphatic hydroxyl groups excluding tert-OH is 1. The molecule has 1 spiro atoms. The van der Waals surface area contributed by atoms with E-state index in [1.165, 1.54) is 36.4 Å². The van der Waals surface area contributed by atoms with Crippen LogP contribution in [0.4, 0.5) is 25.8 Å². The number of aromatic nitrogens is 1. The van der Waals surface area contributed by atoms with Gasteiger partial charge in [-0.25, -0.2) is 8.78 Å². The number of aliphatic hydroxyl groups is 1. The molecule has 0 radical (unpaired) electrons. The molecule has 2 heterocycles. The standard InChI is InChI=1S/C34H34F2N4O5/c1-40(18-25-19-43-20-33(45-25)11-12-33)24-7-8-26-28(17-24)37-15-10-29(26)44-30-9-6-23(16-27(30)36)39-32(42)34(13-14-34)31(41)38-22-4-2-21(35)3-5-22/h2-10,15-17,25,32,39,42H,11-14,18-20H2,1H3,(H,38,41). The quantitative estimate of drug-likeness (QED) is 0.191. The molecule has 2 aliphatic carbocycles. The van der Waals surface area contributed by atoms with Gasteiger partial charge in [0.1, 0.15) is 17.8 Å². The van der Waals surface area contributed by atoms with Crippen molar-refractivity contribution in [3.05, 3.63) is 84.6 Å². The lowest BCUT2D eigenvalue weighted by Gasteiger charge is -2.33. The maximum absolute atomic E-state index is 15.2. The fourth-order valence-corrected chi connectivity index (χ4v) is 5.77. The third-order valence-electron chi connectivity index (χ3n) is 8.82. The van der Waals surface area contributed by atoms with Crippen LogP contribution in [0.15, 0.2) is 72.9 Å². The Kier molecular flexibility index (Phi) is 7.55. The summed E-state index contributed by atoms with van der Waals surface area (Å²) in [6, 6.07) is 17.2. The Balaban J connectivity index is 1.00. The van der Waals surface area contributed by atoms with Gasteiger partial charge in [0.15, 0.2) is 11.6 Å². The van der Waals surface area contributed by atoms with Gasteiger partial charge in [0.05, 0.1) is 35.9 Å². The molecule has 3 aliphatic rings. The van der Waals surface area contributed by atoms with Gasteiger partial charge >= 0.3 is 0 Å². The molecule has 3 aromatic carbocycles. The number of hydrogen-bond acceptors (Lipinski definition) is 8. The first kappa shape index (κ1) is 29.4. The number of nitrogens with one attached hydrogen (secondary N) is 2. The first-order chi connectivity index (χ1) is 21.7. The van der Waals surface area contributed by atoms with E-state index in [1.807, 2.05) is 25.2 Å². The van der Waals surface area contributed by atoms with Crippen LogP contribution in [0.2, 0.25) is 0 Å². The van der Waals surface area contributed by atoms with Gasteiger partial charge in [-0.1, -0.05) is 0 Å². The number of nitrogens with zero attached hydrogens (tertiary/aromatic N) is 2. The van der Waals surface area contributed by atoms with Gasteiger partial charge in [-0.05, 0) is 86.3 Å². The number of amides is 1. The van der Waals surface area contributed by atoms with E-state index in [9.17, 15) is 14.3 Å². The highest BCUT2D eigenvalue weighted by atomic mass is 19.1. The molecule has 9 nitrogen and oxygen atoms in total. The smallest absolute Gasteiger partial charge is 0.235 e. The summed E-state index contributed by atoms with van der Waals surface area (Å²) >= 11 is 0. The predicted molar refractivity (Wildman–Crippen MR) is 165 cm³/mol. The van der Waals surface area contributed by atoms with E-state index in [-0.39, 0.29) is 17.5 Å². The second-order valence-corrected chi connectivity index (χ2v) is 12.2. The number of rotatable bonds is 10. The van der Waals surface area contributed by atoms with Crippen molar-refractivity contribution in [2.45, 2.75) is 43.6 Å². The van der Waals surface area contributed by atoms with Gasteiger partial charge in [0.2, 0.25) is 5.91 Å². The molecule has 234 valence electrons. The van der Waals surface area contributed by atoms with Crippen LogP contribution in [0.3, 0.4) is 0 Å². The number of carbonyl (C=O) groups is 1. The normalized spacial score (nSPS) is 20.0. The van der Waals surface area contributed by atoms with E-state index < -0.39 is 29.2 Å². The van der Waals surface area contributed by atoms with Crippen molar-refractivity contribution in [3.63, 3.8) is 0 Å². The molecule has 0 bridgehead atoms. The molecule has 2 atom stereocenters. The fourth-order valence-electron chi connectivity index (χ4n) is 5.77. The molecule has 45 heavy (non-hydrogen) atoms. The Hall–Kier alpha value is -4.32. The Morgan fingerprint density at radius 3 is 2.56 bits per heavy atom. The van der Waals surface area contributed by atoms with Crippen molar-refractivity contribution in [1.82, 2.24) is 4.98 Å². The number of hydrogen-bond donors (Lipinski definition) is 3. The predicted octanol–water partition coefficient (Wildman–Crippen LogP) is 5.84. The summed E-state index contributed by atoms with van der Waals surface area (Å²) in [6.45, 7) is 1.93. The van der Waals surface area contributed by atoms with E-state index in [0.717, 1.165) is 23.9 Å². The number of carbonyl (C=O) groups excluding carboxylic acids is 1. The third kappa shape index (κ3) is 6.15. The van der Waals surface area contributed by atoms with Crippen molar-refractivity contribution in [2.75, 3.05) is 42.3 Å². The first-order valence-corrected chi connectivity index (χ1v) is 15.1. The van der Waals surface area contributed by atoms with Gasteiger partial charge in [0.25, 0.3) is 0 Å². The number of pyridine rings is 1. The summed E-state index contributed by atoms with van der Waals surface area (Å²) in [7, 11) is 2.00. The van der Waals surface area contributed by atoms with Crippen LogP contribution in [0.25, 0.3) is 10.9 Å². The van der Waals surface area contributed by atoms with Crippen molar-refractivity contribution < 1.29 is 32.9 Å². The van der Waals surface area contributed by atoms with Crippen LogP contribution in [0.5, 0.6) is 11.5 Å². The first-order valence-electron chi connectivity index (χ1n) is 15.1. The maximum Gasteiger partial charge on any atom is 0.235 e. The van der Waals surface area contributed by atoms with Crippen molar-refractivity contribution in [1.29, 1.82) is 0 Å². The zero-order valence-electron chi connectivity index (χ0n) is 24.8. The van der Waals surface area contributed by atoms with E-state index in [2.05, 4.69) is 20.5 Å². The van der Waals surface area contributed by atoms with Gasteiger partial charge in [0, 0.05) is 48.3 Å². The topological polar surface area (TPSA) is 105 Å².